The average Bonchev–Trinajstić information content (AvgIpc) is 2.61. The largest absolute Gasteiger partial charge is 0.406 e. The van der Waals surface area contributed by atoms with Gasteiger partial charge in [0, 0.05) is 18.3 Å². The summed E-state index contributed by atoms with van der Waals surface area (Å²) >= 11 is 0. The van der Waals surface area contributed by atoms with E-state index in [0.29, 0.717) is 18.8 Å². The van der Waals surface area contributed by atoms with Crippen molar-refractivity contribution in [3.05, 3.63) is 41.9 Å². The van der Waals surface area contributed by atoms with Gasteiger partial charge in [-0.25, -0.2) is 4.99 Å². The lowest BCUT2D eigenvalue weighted by atomic mass is 10.1. The predicted molar refractivity (Wildman–Crippen MR) is 99.2 cm³/mol. The van der Waals surface area contributed by atoms with Crippen LogP contribution in [0.3, 0.4) is 0 Å². The number of esters is 1. The van der Waals surface area contributed by atoms with E-state index in [1.165, 1.54) is 24.8 Å². The van der Waals surface area contributed by atoms with Gasteiger partial charge in [-0.05, 0) is 37.0 Å². The first-order chi connectivity index (χ1) is 11.7. The topological polar surface area (TPSA) is 41.9 Å². The fraction of sp³-hybridized carbons (Fsp3) is 0.500. The minimum atomic E-state index is -0.213. The number of hydrogen-bond acceptors (Lipinski definition) is 4. The fourth-order valence-electron chi connectivity index (χ4n) is 2.63. The maximum Gasteiger partial charge on any atom is 0.312 e. The Hall–Kier alpha value is -2.10. The zero-order valence-electron chi connectivity index (χ0n) is 14.8. The second-order valence-corrected chi connectivity index (χ2v) is 6.14. The number of aliphatic imine (C=N–C) groups is 1. The lowest BCUT2D eigenvalue weighted by molar-refractivity contribution is -0.139. The molecule has 1 heterocycles. The number of anilines is 1. The lowest BCUT2D eigenvalue weighted by Gasteiger charge is -2.22. The van der Waals surface area contributed by atoms with Crippen LogP contribution in [0.25, 0.3) is 0 Å². The van der Waals surface area contributed by atoms with Crippen molar-refractivity contribution in [3.63, 3.8) is 0 Å². The van der Waals surface area contributed by atoms with Crippen LogP contribution in [0.4, 0.5) is 5.69 Å². The average molecular weight is 328 g/mol. The molecule has 0 saturated heterocycles. The summed E-state index contributed by atoms with van der Waals surface area (Å²) < 4.78 is 5.34. The van der Waals surface area contributed by atoms with E-state index in [-0.39, 0.29) is 5.97 Å². The van der Waals surface area contributed by atoms with Crippen LogP contribution in [0.2, 0.25) is 0 Å². The maximum absolute atomic E-state index is 11.8. The first-order valence-electron chi connectivity index (χ1n) is 9.03. The Kier molecular flexibility index (Phi) is 7.53. The Labute approximate surface area is 145 Å². The van der Waals surface area contributed by atoms with Crippen LogP contribution >= 0.6 is 0 Å². The van der Waals surface area contributed by atoms with Crippen molar-refractivity contribution >= 4 is 17.9 Å². The number of hydrogen-bond donors (Lipinski definition) is 0. The van der Waals surface area contributed by atoms with E-state index < -0.39 is 0 Å². The second-order valence-electron chi connectivity index (χ2n) is 6.14. The van der Waals surface area contributed by atoms with Gasteiger partial charge in [-0.3, -0.25) is 4.79 Å². The van der Waals surface area contributed by atoms with Crippen LogP contribution in [0.5, 0.6) is 0 Å². The number of aryl methyl sites for hydroxylation is 1. The summed E-state index contributed by atoms with van der Waals surface area (Å²) in [6.45, 7) is 4.96. The molecule has 1 aliphatic heterocycles. The van der Waals surface area contributed by atoms with Crippen LogP contribution in [0, 0.1) is 0 Å². The summed E-state index contributed by atoms with van der Waals surface area (Å²) in [4.78, 5) is 18.0. The van der Waals surface area contributed by atoms with E-state index in [1.807, 2.05) is 6.20 Å². The predicted octanol–water partition coefficient (Wildman–Crippen LogP) is 4.84. The number of nitrogens with zero attached hydrogens (tertiary/aromatic N) is 2. The zero-order valence-corrected chi connectivity index (χ0v) is 14.8. The van der Waals surface area contributed by atoms with E-state index in [2.05, 4.69) is 48.0 Å². The van der Waals surface area contributed by atoms with E-state index in [0.717, 1.165) is 24.9 Å². The standard InChI is InChI=1S/C20H28N2O2/c1-3-5-7-9-17-10-8-11-18(15-17)22-14-13-21-19(16-22)24-20(23)12-6-4-2/h8,10-11,13,15-16H,3-7,9,12,14H2,1-2H3. The minimum absolute atomic E-state index is 0.213. The Morgan fingerprint density at radius 3 is 2.83 bits per heavy atom. The van der Waals surface area contributed by atoms with Gasteiger partial charge in [0.15, 0.2) is 0 Å². The highest BCUT2D eigenvalue weighted by molar-refractivity contribution is 5.74. The third-order valence-corrected chi connectivity index (χ3v) is 4.03. The molecule has 0 aliphatic carbocycles. The zero-order chi connectivity index (χ0) is 17.2. The Balaban J connectivity index is 1.99. The number of rotatable bonds is 9. The summed E-state index contributed by atoms with van der Waals surface area (Å²) in [6, 6.07) is 8.55. The van der Waals surface area contributed by atoms with Gasteiger partial charge in [-0.15, -0.1) is 0 Å². The monoisotopic (exact) mass is 328 g/mol. The molecule has 24 heavy (non-hydrogen) atoms. The molecular formula is C20H28N2O2. The van der Waals surface area contributed by atoms with Crippen LogP contribution in [-0.2, 0) is 16.0 Å². The Bertz CT molecular complexity index is 593. The van der Waals surface area contributed by atoms with Crippen LogP contribution in [-0.4, -0.2) is 18.7 Å². The maximum atomic E-state index is 11.8. The van der Waals surface area contributed by atoms with Crippen molar-refractivity contribution in [3.8, 4) is 0 Å². The van der Waals surface area contributed by atoms with Gasteiger partial charge in [0.05, 0.1) is 12.7 Å². The summed E-state index contributed by atoms with van der Waals surface area (Å²) in [5.41, 5.74) is 2.45. The molecule has 4 heteroatoms. The molecule has 1 aromatic carbocycles. The molecule has 0 fully saturated rings. The molecule has 0 atom stereocenters. The molecule has 0 N–H and O–H groups in total. The van der Waals surface area contributed by atoms with Crippen molar-refractivity contribution in [2.45, 2.75) is 58.8 Å². The highest BCUT2D eigenvalue weighted by atomic mass is 16.5. The molecule has 0 unspecified atom stereocenters. The summed E-state index contributed by atoms with van der Waals surface area (Å²) in [5.74, 6) is 0.161. The summed E-state index contributed by atoms with van der Waals surface area (Å²) in [6.07, 6.45) is 10.7. The normalized spacial score (nSPS) is 13.8. The molecule has 0 bridgehead atoms. The number of ether oxygens (including phenoxy) is 1. The van der Waals surface area contributed by atoms with Crippen molar-refractivity contribution in [2.24, 2.45) is 4.99 Å². The van der Waals surface area contributed by atoms with Crippen molar-refractivity contribution in [1.82, 2.24) is 0 Å². The first-order valence-corrected chi connectivity index (χ1v) is 9.03. The van der Waals surface area contributed by atoms with E-state index in [4.69, 9.17) is 4.74 Å². The molecule has 1 aliphatic rings. The quantitative estimate of drug-likeness (QED) is 0.481. The Morgan fingerprint density at radius 2 is 2.04 bits per heavy atom. The molecule has 0 radical (unpaired) electrons. The molecule has 0 amide bonds. The van der Waals surface area contributed by atoms with Crippen molar-refractivity contribution in [2.75, 3.05) is 11.4 Å². The van der Waals surface area contributed by atoms with Gasteiger partial charge < -0.3 is 9.64 Å². The number of unbranched alkanes of at least 4 members (excludes halogenated alkanes) is 3. The van der Waals surface area contributed by atoms with Crippen LogP contribution in [0.1, 0.15) is 57.9 Å². The highest BCUT2D eigenvalue weighted by Crippen LogP contribution is 2.21. The van der Waals surface area contributed by atoms with Gasteiger partial charge in [0.1, 0.15) is 0 Å². The first kappa shape index (κ1) is 18.2. The molecule has 4 nitrogen and oxygen atoms in total. The minimum Gasteiger partial charge on any atom is -0.406 e. The number of carbonyl (C=O) groups excluding carboxylic acids is 1. The third kappa shape index (κ3) is 5.84. The molecule has 0 spiro atoms. The van der Waals surface area contributed by atoms with E-state index in [9.17, 15) is 4.79 Å². The molecular weight excluding hydrogens is 300 g/mol. The highest BCUT2D eigenvalue weighted by Gasteiger charge is 2.13. The molecule has 0 aromatic heterocycles. The van der Waals surface area contributed by atoms with Crippen LogP contribution in [0.15, 0.2) is 41.3 Å². The number of benzene rings is 1. The van der Waals surface area contributed by atoms with Gasteiger partial charge in [-0.2, -0.15) is 0 Å². The Morgan fingerprint density at radius 1 is 1.21 bits per heavy atom. The summed E-state index contributed by atoms with van der Waals surface area (Å²) in [5, 5.41) is 0. The van der Waals surface area contributed by atoms with Crippen LogP contribution < -0.4 is 4.90 Å². The van der Waals surface area contributed by atoms with Crippen molar-refractivity contribution in [1.29, 1.82) is 0 Å². The van der Waals surface area contributed by atoms with Gasteiger partial charge in [-0.1, -0.05) is 45.2 Å². The smallest absolute Gasteiger partial charge is 0.312 e. The third-order valence-electron chi connectivity index (χ3n) is 4.03. The molecule has 1 aromatic rings. The summed E-state index contributed by atoms with van der Waals surface area (Å²) in [7, 11) is 0. The fourth-order valence-corrected chi connectivity index (χ4v) is 2.63. The van der Waals surface area contributed by atoms with Gasteiger partial charge in [0.25, 0.3) is 0 Å². The van der Waals surface area contributed by atoms with E-state index >= 15 is 0 Å². The number of carbonyl (C=O) groups is 1. The second kappa shape index (κ2) is 9.91. The SMILES string of the molecule is CCCCCc1cccc(N2C=C(OC(=O)CCCC)N=CC2)c1. The molecule has 130 valence electrons. The van der Waals surface area contributed by atoms with E-state index in [1.54, 1.807) is 6.21 Å². The molecule has 2 rings (SSSR count). The molecule has 0 saturated carbocycles. The lowest BCUT2D eigenvalue weighted by Crippen LogP contribution is -2.23. The van der Waals surface area contributed by atoms with Gasteiger partial charge in [0.2, 0.25) is 5.88 Å². The van der Waals surface area contributed by atoms with Gasteiger partial charge >= 0.3 is 5.97 Å². The van der Waals surface area contributed by atoms with Crippen molar-refractivity contribution < 1.29 is 9.53 Å².